The summed E-state index contributed by atoms with van der Waals surface area (Å²) in [6, 6.07) is 28.1. The molecule has 4 aromatic carbocycles. The third kappa shape index (κ3) is 9.34. The summed E-state index contributed by atoms with van der Waals surface area (Å²) < 4.78 is 0. The number of halogens is 4. The molecule has 6 rings (SSSR count). The summed E-state index contributed by atoms with van der Waals surface area (Å²) in [6.07, 6.45) is 6.47. The van der Waals surface area contributed by atoms with Gasteiger partial charge in [-0.3, -0.25) is 19.2 Å². The van der Waals surface area contributed by atoms with Gasteiger partial charge in [0.05, 0.1) is 0 Å². The summed E-state index contributed by atoms with van der Waals surface area (Å²) in [5, 5.41) is 2.23. The van der Waals surface area contributed by atoms with Crippen LogP contribution in [0.5, 0.6) is 0 Å². The molecule has 0 aromatic heterocycles. The van der Waals surface area contributed by atoms with Gasteiger partial charge in [-0.15, -0.1) is 0 Å². The third-order valence-electron chi connectivity index (χ3n) is 8.46. The van der Waals surface area contributed by atoms with Crippen molar-refractivity contribution < 1.29 is 19.2 Å². The summed E-state index contributed by atoms with van der Waals surface area (Å²) in [6.45, 7) is 0.0851. The van der Waals surface area contributed by atoms with Crippen LogP contribution in [0.25, 0.3) is 24.3 Å². The van der Waals surface area contributed by atoms with Gasteiger partial charge in [0.15, 0.2) is 11.6 Å². The Morgan fingerprint density at radius 2 is 0.647 bits per heavy atom. The van der Waals surface area contributed by atoms with Crippen LogP contribution in [0.1, 0.15) is 28.7 Å². The van der Waals surface area contributed by atoms with Crippen molar-refractivity contribution in [3.63, 3.8) is 0 Å². The zero-order chi connectivity index (χ0) is 36.1. The molecule has 2 aliphatic heterocycles. The lowest BCUT2D eigenvalue weighted by molar-refractivity contribution is -0.140. The van der Waals surface area contributed by atoms with Crippen molar-refractivity contribution in [3.05, 3.63) is 162 Å². The minimum absolute atomic E-state index is 0.0213. The van der Waals surface area contributed by atoms with E-state index >= 15 is 0 Å². The summed E-state index contributed by atoms with van der Waals surface area (Å²) in [4.78, 5) is 58.1. The molecule has 256 valence electrons. The van der Waals surface area contributed by atoms with Crippen molar-refractivity contribution in [2.45, 2.75) is 6.42 Å². The normalized spacial score (nSPS) is 18.3. The summed E-state index contributed by atoms with van der Waals surface area (Å²) in [7, 11) is 0. The number of hydrogen-bond donors (Lipinski definition) is 0. The van der Waals surface area contributed by atoms with E-state index in [1.807, 2.05) is 0 Å². The number of ketones is 2. The zero-order valence-corrected chi connectivity index (χ0v) is 30.1. The molecule has 0 saturated carbocycles. The molecule has 51 heavy (non-hydrogen) atoms. The van der Waals surface area contributed by atoms with Gasteiger partial charge in [0.2, 0.25) is 11.8 Å². The quantitative estimate of drug-likeness (QED) is 0.145. The molecule has 6 nitrogen and oxygen atoms in total. The van der Waals surface area contributed by atoms with Crippen LogP contribution in [0.4, 0.5) is 0 Å². The number of benzene rings is 4. The molecule has 0 N–H and O–H groups in total. The van der Waals surface area contributed by atoms with E-state index in [0.717, 1.165) is 22.3 Å². The van der Waals surface area contributed by atoms with Crippen LogP contribution in [-0.4, -0.2) is 59.4 Å². The van der Waals surface area contributed by atoms with Gasteiger partial charge < -0.3 is 9.80 Å². The number of carbonyl (C=O) groups is 4. The van der Waals surface area contributed by atoms with Crippen molar-refractivity contribution in [1.29, 1.82) is 0 Å². The van der Waals surface area contributed by atoms with Gasteiger partial charge in [-0.25, -0.2) is 0 Å². The van der Waals surface area contributed by atoms with E-state index in [9.17, 15) is 19.2 Å². The number of rotatable bonds is 6. The van der Waals surface area contributed by atoms with Crippen molar-refractivity contribution in [2.75, 3.05) is 26.2 Å². The lowest BCUT2D eigenvalue weighted by Crippen LogP contribution is -2.46. The maximum atomic E-state index is 13.9. The average molecular weight is 757 g/mol. The largest absolute Gasteiger partial charge is 0.333 e. The maximum absolute atomic E-state index is 13.9. The van der Waals surface area contributed by atoms with Gasteiger partial charge in [0.1, 0.15) is 6.42 Å². The van der Waals surface area contributed by atoms with E-state index in [4.69, 9.17) is 46.4 Å². The van der Waals surface area contributed by atoms with Gasteiger partial charge in [-0.05, 0) is 95.1 Å². The van der Waals surface area contributed by atoms with Crippen LogP contribution in [0.2, 0.25) is 20.1 Å². The predicted molar refractivity (Wildman–Crippen MR) is 206 cm³/mol. The fraction of sp³-hybridized carbons (Fsp3) is 0.122. The Bertz CT molecular complexity index is 1830. The second-order valence-electron chi connectivity index (χ2n) is 12.2. The first-order valence-corrected chi connectivity index (χ1v) is 17.5. The monoisotopic (exact) mass is 754 g/mol. The second-order valence-corrected chi connectivity index (χ2v) is 14.0. The van der Waals surface area contributed by atoms with Crippen molar-refractivity contribution in [3.8, 4) is 0 Å². The van der Waals surface area contributed by atoms with Crippen LogP contribution >= 0.6 is 46.4 Å². The first-order chi connectivity index (χ1) is 24.5. The Labute approximate surface area is 315 Å². The van der Waals surface area contributed by atoms with E-state index < -0.39 is 18.2 Å². The van der Waals surface area contributed by atoms with Crippen LogP contribution in [0, 0.1) is 0 Å². The van der Waals surface area contributed by atoms with Crippen LogP contribution in [0.15, 0.2) is 119 Å². The van der Waals surface area contributed by atoms with Crippen LogP contribution < -0.4 is 0 Å². The molecule has 0 atom stereocenters. The Hall–Kier alpha value is -4.72. The Balaban J connectivity index is 1.27. The minimum atomic E-state index is -0.451. The number of Topliss-reactive ketones (excluding diaryl/α,β-unsaturated/α-hetero) is 2. The smallest absolute Gasteiger partial charge is 0.232 e. The molecule has 2 heterocycles. The average Bonchev–Trinajstić information content (AvgIpc) is 3.11. The molecular formula is C41H30Cl4N2O4. The highest BCUT2D eigenvalue weighted by Gasteiger charge is 2.33. The van der Waals surface area contributed by atoms with Crippen LogP contribution in [0.3, 0.4) is 0 Å². The molecule has 0 radical (unpaired) electrons. The lowest BCUT2D eigenvalue weighted by Gasteiger charge is -2.32. The molecule has 0 spiro atoms. The molecule has 2 fully saturated rings. The maximum Gasteiger partial charge on any atom is 0.232 e. The lowest BCUT2D eigenvalue weighted by atomic mass is 9.93. The van der Waals surface area contributed by atoms with E-state index in [-0.39, 0.29) is 37.7 Å². The number of likely N-dealkylation sites (tertiary alicyclic amines) is 2. The molecule has 2 aliphatic rings. The molecule has 2 saturated heterocycles. The minimum Gasteiger partial charge on any atom is -0.333 e. The Morgan fingerprint density at radius 1 is 0.431 bits per heavy atom. The first-order valence-electron chi connectivity index (χ1n) is 16.0. The highest BCUT2D eigenvalue weighted by molar-refractivity contribution is 6.31. The van der Waals surface area contributed by atoms with E-state index in [0.29, 0.717) is 42.4 Å². The summed E-state index contributed by atoms with van der Waals surface area (Å²) >= 11 is 24.3. The summed E-state index contributed by atoms with van der Waals surface area (Å²) in [5.74, 6) is -1.28. The molecule has 10 heteroatoms. The number of amides is 2. The van der Waals surface area contributed by atoms with Crippen LogP contribution in [-0.2, 0) is 19.2 Å². The Morgan fingerprint density at radius 3 is 0.863 bits per heavy atom. The number of carbonyl (C=O) groups excluding carboxylic acids is 4. The highest BCUT2D eigenvalue weighted by Crippen LogP contribution is 2.27. The molecule has 4 aromatic rings. The zero-order valence-electron chi connectivity index (χ0n) is 27.1. The van der Waals surface area contributed by atoms with Gasteiger partial charge in [-0.2, -0.15) is 0 Å². The number of piperidine rings is 2. The first kappa shape index (κ1) is 36.1. The fourth-order valence-electron chi connectivity index (χ4n) is 5.83. The predicted octanol–water partition coefficient (Wildman–Crippen LogP) is 9.15. The number of hydrogen-bond acceptors (Lipinski definition) is 4. The fourth-order valence-corrected chi connectivity index (χ4v) is 6.33. The van der Waals surface area contributed by atoms with E-state index in [1.165, 1.54) is 9.80 Å². The van der Waals surface area contributed by atoms with Crippen molar-refractivity contribution in [1.82, 2.24) is 9.80 Å². The molecular weight excluding hydrogens is 726 g/mol. The molecule has 0 bridgehead atoms. The topological polar surface area (TPSA) is 74.8 Å². The number of nitrogens with zero attached hydrogens (tertiary/aromatic N) is 2. The van der Waals surface area contributed by atoms with E-state index in [2.05, 4.69) is 0 Å². The van der Waals surface area contributed by atoms with Crippen molar-refractivity contribution in [2.24, 2.45) is 0 Å². The molecule has 2 amide bonds. The third-order valence-corrected chi connectivity index (χ3v) is 9.47. The Kier molecular flexibility index (Phi) is 11.4. The second kappa shape index (κ2) is 16.1. The van der Waals surface area contributed by atoms with E-state index in [1.54, 1.807) is 121 Å². The highest BCUT2D eigenvalue weighted by atomic mass is 35.5. The molecule has 0 aliphatic carbocycles. The van der Waals surface area contributed by atoms with Gasteiger partial charge in [0.25, 0.3) is 0 Å². The van der Waals surface area contributed by atoms with Gasteiger partial charge >= 0.3 is 0 Å². The van der Waals surface area contributed by atoms with Crippen molar-refractivity contribution >= 4 is 94.1 Å². The molecule has 0 unspecified atom stereocenters. The standard InChI is InChI=1S/C41H30Cl4N2O4/c42-34-9-1-26(2-10-34)17-30-22-46(23-31(40(30)50)18-27-3-11-35(43)12-4-27)38(48)21-39(49)47-24-32(19-28-5-13-36(44)14-6-28)41(51)33(25-47)20-29-7-15-37(45)16-8-29/h1-20H,21-25H2/b30-17-,31-18+,32-19+,33-20+. The van der Waals surface area contributed by atoms with Gasteiger partial charge in [0, 0.05) is 68.6 Å². The van der Waals surface area contributed by atoms with Gasteiger partial charge in [-0.1, -0.05) is 94.9 Å². The summed E-state index contributed by atoms with van der Waals surface area (Å²) in [5.41, 5.74) is 4.58. The SMILES string of the molecule is O=C1/C(=C\c2ccc(Cl)cc2)CN(C(=O)CC(=O)N2C/C(=C\c3ccc(Cl)cc3)C(=O)/C(=C/c3ccc(Cl)cc3)C2)C/C1=C\c1ccc(Cl)cc1.